The molecule has 0 aliphatic carbocycles. The lowest BCUT2D eigenvalue weighted by Gasteiger charge is -2.32. The summed E-state index contributed by atoms with van der Waals surface area (Å²) in [5.74, 6) is 0.191. The summed E-state index contributed by atoms with van der Waals surface area (Å²) in [6.45, 7) is 4.23. The first kappa shape index (κ1) is 31.0. The van der Waals surface area contributed by atoms with Crippen molar-refractivity contribution in [2.24, 2.45) is 11.7 Å². The van der Waals surface area contributed by atoms with Crippen LogP contribution in [0.2, 0.25) is 0 Å². The summed E-state index contributed by atoms with van der Waals surface area (Å²) in [6, 6.07) is 0. The quantitative estimate of drug-likeness (QED) is 0.0772. The van der Waals surface area contributed by atoms with E-state index in [1.54, 1.807) is 0 Å². The zero-order valence-corrected chi connectivity index (χ0v) is 19.4. The molecule has 0 heterocycles. The maximum Gasteiger partial charge on any atom is 0.234 e. The average Bonchev–Trinajstić information content (AvgIpc) is 2.79. The molecule has 192 valence electrons. The number of hydrogen-bond acceptors (Lipinski definition) is 12. The summed E-state index contributed by atoms with van der Waals surface area (Å²) in [5, 5.41) is 60.4. The van der Waals surface area contributed by atoms with Crippen molar-refractivity contribution in [2.75, 3.05) is 52.9 Å². The second-order valence-corrected chi connectivity index (χ2v) is 7.59. The number of hydrogen-bond donors (Lipinski definition) is 10. The molecule has 0 bridgehead atoms. The third-order valence-corrected chi connectivity index (χ3v) is 5.04. The van der Waals surface area contributed by atoms with Gasteiger partial charge >= 0.3 is 0 Å². The maximum absolute atomic E-state index is 11.8. The molecule has 0 saturated carbocycles. The maximum atomic E-state index is 11.8. The number of nitrogens with two attached hydrogens (primary N) is 1. The highest BCUT2D eigenvalue weighted by Crippen LogP contribution is 2.04. The Morgan fingerprint density at radius 1 is 0.906 bits per heavy atom. The molecule has 0 aromatic rings. The largest absolute Gasteiger partial charge is 0.377 e. The van der Waals surface area contributed by atoms with Crippen molar-refractivity contribution in [3.05, 3.63) is 0 Å². The van der Waals surface area contributed by atoms with Crippen molar-refractivity contribution in [1.29, 1.82) is 0 Å². The minimum atomic E-state index is -1.21. The summed E-state index contributed by atoms with van der Waals surface area (Å²) < 4.78 is 4.78. The molecule has 0 aromatic heterocycles. The second-order valence-electron chi connectivity index (χ2n) is 7.59. The van der Waals surface area contributed by atoms with Crippen molar-refractivity contribution in [2.45, 2.75) is 57.9 Å². The highest BCUT2D eigenvalue weighted by molar-refractivity contribution is 5.77. The van der Waals surface area contributed by atoms with E-state index in [1.807, 2.05) is 0 Å². The highest BCUT2D eigenvalue weighted by atomic mass is 16.6. The van der Waals surface area contributed by atoms with Gasteiger partial charge in [-0.15, -0.1) is 0 Å². The van der Waals surface area contributed by atoms with Crippen molar-refractivity contribution in [1.82, 2.24) is 26.2 Å². The Hall–Kier alpha value is -0.970. The summed E-state index contributed by atoms with van der Waals surface area (Å²) in [7, 11) is 1.29. The lowest BCUT2D eigenvalue weighted by Crippen LogP contribution is -2.54. The molecule has 0 aliphatic rings. The van der Waals surface area contributed by atoms with Crippen LogP contribution in [-0.4, -0.2) is 120 Å². The Labute approximate surface area is 190 Å². The molecule has 5 atom stereocenters. The van der Waals surface area contributed by atoms with Crippen LogP contribution >= 0.6 is 0 Å². The van der Waals surface area contributed by atoms with Crippen LogP contribution in [0.25, 0.3) is 0 Å². The number of aliphatic hydroxyl groups excluding tert-OH is 5. The predicted octanol–water partition coefficient (Wildman–Crippen LogP) is -4.19. The van der Waals surface area contributed by atoms with Crippen molar-refractivity contribution in [3.8, 4) is 0 Å². The number of nitrogens with one attached hydrogen (secondary N) is 4. The molecule has 0 aliphatic heterocycles. The second kappa shape index (κ2) is 18.5. The van der Waals surface area contributed by atoms with Crippen molar-refractivity contribution < 1.29 is 35.1 Å². The number of carbonyl (C=O) groups is 1. The zero-order valence-electron chi connectivity index (χ0n) is 19.4. The Bertz CT molecular complexity index is 475. The number of aliphatic hydroxyl groups is 5. The van der Waals surface area contributed by atoms with Gasteiger partial charge in [-0.2, -0.15) is 0 Å². The van der Waals surface area contributed by atoms with Crippen LogP contribution in [-0.2, 0) is 9.53 Å². The molecule has 1 amide bonds. The average molecular weight is 469 g/mol. The molecule has 0 fully saturated rings. The number of ether oxygens (including phenoxy) is 1. The van der Waals surface area contributed by atoms with E-state index in [1.165, 1.54) is 12.0 Å². The first-order valence-corrected chi connectivity index (χ1v) is 11.0. The van der Waals surface area contributed by atoms with E-state index in [2.05, 4.69) is 35.1 Å². The van der Waals surface area contributed by atoms with Gasteiger partial charge in [-0.1, -0.05) is 26.7 Å². The molecule has 0 rings (SSSR count). The van der Waals surface area contributed by atoms with Gasteiger partial charge in [-0.3, -0.25) is 25.6 Å². The van der Waals surface area contributed by atoms with Gasteiger partial charge in [0.05, 0.1) is 13.1 Å². The fourth-order valence-corrected chi connectivity index (χ4v) is 2.76. The van der Waals surface area contributed by atoms with Crippen LogP contribution in [0.15, 0.2) is 0 Å². The molecule has 13 heteroatoms. The molecule has 13 nitrogen and oxygen atoms in total. The number of carbonyl (C=O) groups excluding carboxylic acids is 1. The molecular formula is C19H44N6O7. The van der Waals surface area contributed by atoms with Gasteiger partial charge in [-0.05, 0) is 5.92 Å². The molecule has 11 N–H and O–H groups in total. The van der Waals surface area contributed by atoms with Crippen LogP contribution in [0, 0.1) is 5.92 Å². The van der Waals surface area contributed by atoms with Gasteiger partial charge in [0.15, 0.2) is 6.29 Å². The fourth-order valence-electron chi connectivity index (χ4n) is 2.76. The monoisotopic (exact) mass is 468 g/mol. The zero-order chi connectivity index (χ0) is 24.5. The standard InChI is InChI=1S/C19H44N6O7/c1-4-13(5-2)7-21-15(27)8-22-16(28)9-23-17(29)11-25(12-19(31)32-3)18(30)10-24-14(26)6-20/h13-14,16-19,22-24,26,28-31H,4-12,20H2,1-3H3,(H,21,27). The number of rotatable bonds is 20. The van der Waals surface area contributed by atoms with Crippen LogP contribution in [0.1, 0.15) is 26.7 Å². The predicted molar refractivity (Wildman–Crippen MR) is 119 cm³/mol. The molecule has 32 heavy (non-hydrogen) atoms. The van der Waals surface area contributed by atoms with E-state index in [0.717, 1.165) is 12.8 Å². The Balaban J connectivity index is 4.40. The highest BCUT2D eigenvalue weighted by Gasteiger charge is 2.23. The fraction of sp³-hybridized carbons (Fsp3) is 0.947. The SMILES string of the molecule is CCC(CC)CNC(=O)CNC(O)CNC(O)CN(CC(O)OC)C(O)CNC(O)CN. The van der Waals surface area contributed by atoms with E-state index in [4.69, 9.17) is 10.5 Å². The van der Waals surface area contributed by atoms with E-state index >= 15 is 0 Å². The molecule has 0 saturated heterocycles. The molecule has 0 spiro atoms. The van der Waals surface area contributed by atoms with E-state index in [9.17, 15) is 30.3 Å². The van der Waals surface area contributed by atoms with Crippen LogP contribution in [0.4, 0.5) is 0 Å². The Morgan fingerprint density at radius 2 is 1.53 bits per heavy atom. The first-order chi connectivity index (χ1) is 15.2. The molecule has 0 aromatic carbocycles. The summed E-state index contributed by atoms with van der Waals surface area (Å²) >= 11 is 0. The topological polar surface area (TPSA) is 205 Å². The summed E-state index contributed by atoms with van der Waals surface area (Å²) in [5.41, 5.74) is 5.30. The smallest absolute Gasteiger partial charge is 0.234 e. The lowest BCUT2D eigenvalue weighted by molar-refractivity contribution is -0.125. The Morgan fingerprint density at radius 3 is 2.09 bits per heavy atom. The van der Waals surface area contributed by atoms with Gasteiger partial charge in [-0.25, -0.2) is 0 Å². The summed E-state index contributed by atoms with van der Waals surface area (Å²) in [6.07, 6.45) is -3.69. The minimum Gasteiger partial charge on any atom is -0.377 e. The third-order valence-electron chi connectivity index (χ3n) is 5.04. The van der Waals surface area contributed by atoms with Crippen LogP contribution < -0.4 is 27.0 Å². The van der Waals surface area contributed by atoms with Crippen molar-refractivity contribution in [3.63, 3.8) is 0 Å². The molecule has 0 radical (unpaired) electrons. The first-order valence-electron chi connectivity index (χ1n) is 11.0. The van der Waals surface area contributed by atoms with Gasteiger partial charge in [0.2, 0.25) is 5.91 Å². The normalized spacial score (nSPS) is 16.7. The van der Waals surface area contributed by atoms with Gasteiger partial charge in [0.1, 0.15) is 24.9 Å². The molecular weight excluding hydrogens is 424 g/mol. The number of methoxy groups -OCH3 is 1. The number of amides is 1. The molecule has 5 unspecified atom stereocenters. The summed E-state index contributed by atoms with van der Waals surface area (Å²) in [4.78, 5) is 13.2. The number of nitrogens with zero attached hydrogens (tertiary/aromatic N) is 1. The van der Waals surface area contributed by atoms with E-state index < -0.39 is 31.2 Å². The van der Waals surface area contributed by atoms with Gasteiger partial charge < -0.3 is 41.3 Å². The van der Waals surface area contributed by atoms with Gasteiger partial charge in [0.25, 0.3) is 0 Å². The minimum absolute atomic E-state index is 0.0434. The lowest BCUT2D eigenvalue weighted by atomic mass is 10.0. The van der Waals surface area contributed by atoms with Crippen LogP contribution in [0.3, 0.4) is 0 Å². The van der Waals surface area contributed by atoms with Crippen LogP contribution in [0.5, 0.6) is 0 Å². The third kappa shape index (κ3) is 15.0. The van der Waals surface area contributed by atoms with Crippen molar-refractivity contribution >= 4 is 5.91 Å². The Kier molecular flexibility index (Phi) is 17.9. The van der Waals surface area contributed by atoms with E-state index in [0.29, 0.717) is 12.5 Å². The van der Waals surface area contributed by atoms with E-state index in [-0.39, 0.29) is 45.2 Å². The van der Waals surface area contributed by atoms with Gasteiger partial charge in [0, 0.05) is 39.8 Å².